The quantitative estimate of drug-likeness (QED) is 0.525. The highest BCUT2D eigenvalue weighted by Gasteiger charge is 2.20. The lowest BCUT2D eigenvalue weighted by molar-refractivity contribution is -0.510. The Morgan fingerprint density at radius 3 is 2.30 bits per heavy atom. The molecule has 2 heterocycles. The Hall–Kier alpha value is -3.07. The van der Waals surface area contributed by atoms with Crippen LogP contribution < -0.4 is 9.14 Å². The van der Waals surface area contributed by atoms with Gasteiger partial charge in [0, 0.05) is 11.6 Å². The Kier molecular flexibility index (Phi) is 3.31. The van der Waals surface area contributed by atoms with E-state index in [0.717, 1.165) is 28.3 Å². The summed E-state index contributed by atoms with van der Waals surface area (Å²) in [6.45, 7) is 0. The van der Waals surface area contributed by atoms with Gasteiger partial charge in [0.15, 0.2) is 5.69 Å². The molecule has 23 heavy (non-hydrogen) atoms. The highest BCUT2D eigenvalue weighted by Crippen LogP contribution is 2.26. The molecule has 0 amide bonds. The lowest BCUT2D eigenvalue weighted by Crippen LogP contribution is -2.17. The number of nitrogens with zero attached hydrogens (tertiary/aromatic N) is 2. The van der Waals surface area contributed by atoms with Crippen molar-refractivity contribution in [3.8, 4) is 22.7 Å². The van der Waals surface area contributed by atoms with E-state index in [1.54, 1.807) is 7.11 Å². The summed E-state index contributed by atoms with van der Waals surface area (Å²) in [5.41, 5.74) is 4.57. The summed E-state index contributed by atoms with van der Waals surface area (Å²) in [7, 11) is 1.69. The van der Waals surface area contributed by atoms with Crippen LogP contribution in [-0.4, -0.2) is 11.7 Å². The fourth-order valence-corrected chi connectivity index (χ4v) is 2.87. The minimum atomic E-state index is 0.865. The molecule has 3 nitrogen and oxygen atoms in total. The third-order valence-corrected chi connectivity index (χ3v) is 4.00. The molecular formula is C20H17N2O+. The fraction of sp³-hybridized carbons (Fsp3) is 0.0500. The molecule has 112 valence electrons. The van der Waals surface area contributed by atoms with Crippen molar-refractivity contribution >= 4 is 5.65 Å². The van der Waals surface area contributed by atoms with Crippen LogP contribution in [-0.2, 0) is 0 Å². The summed E-state index contributed by atoms with van der Waals surface area (Å²) >= 11 is 0. The van der Waals surface area contributed by atoms with Gasteiger partial charge in [-0.1, -0.05) is 24.3 Å². The lowest BCUT2D eigenvalue weighted by atomic mass is 10.1. The number of rotatable bonds is 3. The predicted octanol–water partition coefficient (Wildman–Crippen LogP) is 3.89. The Morgan fingerprint density at radius 2 is 1.57 bits per heavy atom. The third-order valence-electron chi connectivity index (χ3n) is 4.00. The molecule has 0 spiro atoms. The molecular weight excluding hydrogens is 284 g/mol. The lowest BCUT2D eigenvalue weighted by Gasteiger charge is -2.04. The van der Waals surface area contributed by atoms with Gasteiger partial charge in [-0.3, -0.25) is 0 Å². The summed E-state index contributed by atoms with van der Waals surface area (Å²) in [5.74, 6) is 0.865. The van der Waals surface area contributed by atoms with Crippen LogP contribution in [0.2, 0.25) is 0 Å². The van der Waals surface area contributed by atoms with Crippen LogP contribution in [0.3, 0.4) is 0 Å². The maximum Gasteiger partial charge on any atom is 0.291 e. The van der Waals surface area contributed by atoms with Crippen molar-refractivity contribution in [2.45, 2.75) is 0 Å². The van der Waals surface area contributed by atoms with Crippen molar-refractivity contribution in [1.82, 2.24) is 4.57 Å². The largest absolute Gasteiger partial charge is 0.497 e. The second-order valence-corrected chi connectivity index (χ2v) is 5.38. The van der Waals surface area contributed by atoms with E-state index in [1.165, 1.54) is 0 Å². The van der Waals surface area contributed by atoms with E-state index in [0.29, 0.717) is 0 Å². The number of hydrogen-bond donors (Lipinski definition) is 0. The van der Waals surface area contributed by atoms with Crippen LogP contribution in [0.15, 0.2) is 85.2 Å². The molecule has 0 fully saturated rings. The first-order chi connectivity index (χ1) is 11.4. The summed E-state index contributed by atoms with van der Waals surface area (Å²) < 4.78 is 9.68. The SMILES string of the molecule is COc1ccc(-c2c[n+]3ccccc3n2-c2ccccc2)cc1. The van der Waals surface area contributed by atoms with E-state index in [1.807, 2.05) is 24.3 Å². The smallest absolute Gasteiger partial charge is 0.291 e. The van der Waals surface area contributed by atoms with E-state index >= 15 is 0 Å². The number of aromatic nitrogens is 2. The third kappa shape index (κ3) is 2.36. The zero-order valence-corrected chi connectivity index (χ0v) is 12.9. The highest BCUT2D eigenvalue weighted by molar-refractivity contribution is 5.66. The monoisotopic (exact) mass is 301 g/mol. The maximum absolute atomic E-state index is 5.27. The molecule has 4 rings (SSSR count). The van der Waals surface area contributed by atoms with Gasteiger partial charge in [-0.05, 0) is 42.5 Å². The zero-order valence-electron chi connectivity index (χ0n) is 12.9. The molecule has 0 bridgehead atoms. The van der Waals surface area contributed by atoms with Crippen LogP contribution in [0.5, 0.6) is 5.75 Å². The summed E-state index contributed by atoms with van der Waals surface area (Å²) in [6.07, 6.45) is 4.23. The van der Waals surface area contributed by atoms with Crippen molar-refractivity contribution < 1.29 is 9.14 Å². The molecule has 0 aliphatic heterocycles. The van der Waals surface area contributed by atoms with Gasteiger partial charge in [0.2, 0.25) is 0 Å². The molecule has 3 heteroatoms. The van der Waals surface area contributed by atoms with Gasteiger partial charge in [-0.2, -0.15) is 4.57 Å². The number of pyridine rings is 1. The number of hydrogen-bond acceptors (Lipinski definition) is 1. The highest BCUT2D eigenvalue weighted by atomic mass is 16.5. The first-order valence-electron chi connectivity index (χ1n) is 7.58. The van der Waals surface area contributed by atoms with E-state index in [9.17, 15) is 0 Å². The molecule has 0 aliphatic rings. The van der Waals surface area contributed by atoms with Gasteiger partial charge in [-0.15, -0.1) is 0 Å². The number of ether oxygens (including phenoxy) is 1. The second-order valence-electron chi connectivity index (χ2n) is 5.38. The summed E-state index contributed by atoms with van der Waals surface area (Å²) in [6, 6.07) is 24.8. The standard InChI is InChI=1S/C20H17N2O/c1-23-18-12-10-16(11-13-18)19-15-21-14-6-5-9-20(21)22(19)17-7-3-2-4-8-17/h2-15H,1H3/q+1. The maximum atomic E-state index is 5.27. The molecule has 0 radical (unpaired) electrons. The molecule has 4 aromatic rings. The van der Waals surface area contributed by atoms with Gasteiger partial charge in [-0.25, -0.2) is 4.40 Å². The first-order valence-corrected chi connectivity index (χ1v) is 7.58. The minimum absolute atomic E-state index is 0.865. The van der Waals surface area contributed by atoms with Gasteiger partial charge >= 0.3 is 0 Å². The van der Waals surface area contributed by atoms with E-state index in [4.69, 9.17) is 4.74 Å². The zero-order chi connectivity index (χ0) is 15.6. The summed E-state index contributed by atoms with van der Waals surface area (Å²) in [4.78, 5) is 0. The Balaban J connectivity index is 1.98. The Labute approximate surface area is 135 Å². The Morgan fingerprint density at radius 1 is 0.826 bits per heavy atom. The molecule has 2 aromatic carbocycles. The van der Waals surface area contributed by atoms with Crippen molar-refractivity contribution in [3.63, 3.8) is 0 Å². The second kappa shape index (κ2) is 5.61. The molecule has 0 N–H and O–H groups in total. The normalized spacial score (nSPS) is 10.8. The van der Waals surface area contributed by atoms with E-state index < -0.39 is 0 Å². The van der Waals surface area contributed by atoms with Gasteiger partial charge < -0.3 is 4.74 Å². The molecule has 0 unspecified atom stereocenters. The van der Waals surface area contributed by atoms with Crippen molar-refractivity contribution in [3.05, 3.63) is 85.2 Å². The van der Waals surface area contributed by atoms with Gasteiger partial charge in [0.1, 0.15) is 17.6 Å². The molecule has 2 aromatic heterocycles. The van der Waals surface area contributed by atoms with Crippen molar-refractivity contribution in [1.29, 1.82) is 0 Å². The number of para-hydroxylation sites is 1. The van der Waals surface area contributed by atoms with Crippen LogP contribution in [0.25, 0.3) is 22.6 Å². The molecule has 0 aliphatic carbocycles. The van der Waals surface area contributed by atoms with E-state index in [-0.39, 0.29) is 0 Å². The minimum Gasteiger partial charge on any atom is -0.497 e. The average Bonchev–Trinajstić information content (AvgIpc) is 3.02. The number of benzene rings is 2. The topological polar surface area (TPSA) is 18.3 Å². The average molecular weight is 301 g/mol. The van der Waals surface area contributed by atoms with Crippen molar-refractivity contribution in [2.24, 2.45) is 0 Å². The summed E-state index contributed by atoms with van der Waals surface area (Å²) in [5, 5.41) is 0. The molecule has 0 atom stereocenters. The molecule has 0 saturated heterocycles. The number of fused-ring (bicyclic) bond motifs is 1. The first kappa shape index (κ1) is 13.6. The van der Waals surface area contributed by atoms with Crippen LogP contribution in [0, 0.1) is 0 Å². The van der Waals surface area contributed by atoms with Crippen LogP contribution in [0.4, 0.5) is 0 Å². The van der Waals surface area contributed by atoms with Gasteiger partial charge in [0.05, 0.1) is 13.3 Å². The number of methoxy groups -OCH3 is 1. The van der Waals surface area contributed by atoms with Gasteiger partial charge in [0.25, 0.3) is 5.65 Å². The van der Waals surface area contributed by atoms with Crippen molar-refractivity contribution in [2.75, 3.05) is 7.11 Å². The van der Waals surface area contributed by atoms with Crippen LogP contribution >= 0.6 is 0 Å². The number of imidazole rings is 1. The molecule has 0 saturated carbocycles. The van der Waals surface area contributed by atoms with E-state index in [2.05, 4.69) is 69.9 Å². The van der Waals surface area contributed by atoms with Crippen LogP contribution in [0.1, 0.15) is 0 Å². The fourth-order valence-electron chi connectivity index (χ4n) is 2.87. The predicted molar refractivity (Wildman–Crippen MR) is 90.9 cm³/mol. The Bertz CT molecular complexity index is 940.